The SMILES string of the molecule is CCOC(=O)C(F)OCC=Cc1ccccc1. The number of carbonyl (C=O) groups is 1. The maximum absolute atomic E-state index is 13.0. The Kier molecular flexibility index (Phi) is 5.96. The van der Waals surface area contributed by atoms with Gasteiger partial charge in [0.05, 0.1) is 13.2 Å². The molecule has 0 bridgehead atoms. The summed E-state index contributed by atoms with van der Waals surface area (Å²) < 4.78 is 22.1. The predicted octanol–water partition coefficient (Wildman–Crippen LogP) is 2.58. The minimum Gasteiger partial charge on any atom is -0.462 e. The largest absolute Gasteiger partial charge is 0.462 e. The van der Waals surface area contributed by atoms with Gasteiger partial charge in [0.2, 0.25) is 0 Å². The molecule has 0 saturated carbocycles. The lowest BCUT2D eigenvalue weighted by Gasteiger charge is -2.06. The van der Waals surface area contributed by atoms with E-state index >= 15 is 0 Å². The van der Waals surface area contributed by atoms with Crippen LogP contribution in [0.2, 0.25) is 0 Å². The maximum atomic E-state index is 13.0. The van der Waals surface area contributed by atoms with Gasteiger partial charge in [-0.3, -0.25) is 0 Å². The fraction of sp³-hybridized carbons (Fsp3) is 0.308. The van der Waals surface area contributed by atoms with Crippen molar-refractivity contribution in [1.82, 2.24) is 0 Å². The van der Waals surface area contributed by atoms with Crippen molar-refractivity contribution in [2.45, 2.75) is 13.3 Å². The van der Waals surface area contributed by atoms with Crippen LogP contribution >= 0.6 is 0 Å². The first-order valence-electron chi connectivity index (χ1n) is 5.38. The van der Waals surface area contributed by atoms with Crippen LogP contribution in [0, 0.1) is 0 Å². The monoisotopic (exact) mass is 238 g/mol. The predicted molar refractivity (Wildman–Crippen MR) is 63.0 cm³/mol. The minimum absolute atomic E-state index is 0.0227. The summed E-state index contributed by atoms with van der Waals surface area (Å²) in [6.45, 7) is 1.78. The van der Waals surface area contributed by atoms with Crippen molar-refractivity contribution < 1.29 is 18.7 Å². The van der Waals surface area contributed by atoms with Crippen molar-refractivity contribution in [3.8, 4) is 0 Å². The molecule has 3 nitrogen and oxygen atoms in total. The Labute approximate surface area is 99.9 Å². The number of halogens is 1. The molecule has 1 unspecified atom stereocenters. The van der Waals surface area contributed by atoms with Gasteiger partial charge in [0, 0.05) is 0 Å². The Morgan fingerprint density at radius 1 is 1.41 bits per heavy atom. The minimum atomic E-state index is -2.02. The first-order valence-corrected chi connectivity index (χ1v) is 5.38. The lowest BCUT2D eigenvalue weighted by atomic mass is 10.2. The maximum Gasteiger partial charge on any atom is 0.368 e. The van der Waals surface area contributed by atoms with Crippen LogP contribution in [0.3, 0.4) is 0 Å². The average molecular weight is 238 g/mol. The van der Waals surface area contributed by atoms with Gasteiger partial charge in [-0.15, -0.1) is 0 Å². The lowest BCUT2D eigenvalue weighted by molar-refractivity contribution is -0.167. The van der Waals surface area contributed by atoms with E-state index in [0.29, 0.717) is 0 Å². The third-order valence-electron chi connectivity index (χ3n) is 1.92. The molecule has 1 rings (SSSR count). The summed E-state index contributed by atoms with van der Waals surface area (Å²) in [6.07, 6.45) is 1.41. The summed E-state index contributed by atoms with van der Waals surface area (Å²) >= 11 is 0. The Morgan fingerprint density at radius 2 is 2.12 bits per heavy atom. The summed E-state index contributed by atoms with van der Waals surface area (Å²) in [5.41, 5.74) is 0.989. The topological polar surface area (TPSA) is 35.5 Å². The number of hydrogen-bond donors (Lipinski definition) is 0. The molecule has 1 aromatic carbocycles. The first kappa shape index (κ1) is 13.4. The number of ether oxygens (including phenoxy) is 2. The third kappa shape index (κ3) is 5.26. The van der Waals surface area contributed by atoms with Gasteiger partial charge in [-0.2, -0.15) is 0 Å². The van der Waals surface area contributed by atoms with Gasteiger partial charge in [0.25, 0.3) is 6.36 Å². The molecule has 0 aliphatic carbocycles. The van der Waals surface area contributed by atoms with E-state index in [1.54, 1.807) is 19.1 Å². The normalized spacial score (nSPS) is 12.6. The molecule has 0 radical (unpaired) electrons. The molecule has 17 heavy (non-hydrogen) atoms. The molecular weight excluding hydrogens is 223 g/mol. The average Bonchev–Trinajstić information content (AvgIpc) is 2.36. The molecule has 0 fully saturated rings. The summed E-state index contributed by atoms with van der Waals surface area (Å²) in [7, 11) is 0. The number of esters is 1. The fourth-order valence-corrected chi connectivity index (χ4v) is 1.16. The molecule has 0 amide bonds. The summed E-state index contributed by atoms with van der Waals surface area (Å²) in [5, 5.41) is 0. The molecule has 0 aliphatic heterocycles. The van der Waals surface area contributed by atoms with Crippen molar-refractivity contribution in [3.05, 3.63) is 42.0 Å². The van der Waals surface area contributed by atoms with Gasteiger partial charge in [0.15, 0.2) is 0 Å². The van der Waals surface area contributed by atoms with Gasteiger partial charge in [-0.1, -0.05) is 42.5 Å². The van der Waals surface area contributed by atoms with Crippen LogP contribution in [-0.4, -0.2) is 25.5 Å². The van der Waals surface area contributed by atoms with Gasteiger partial charge in [-0.05, 0) is 12.5 Å². The summed E-state index contributed by atoms with van der Waals surface area (Å²) in [6, 6.07) is 9.53. The highest BCUT2D eigenvalue weighted by atomic mass is 19.1. The van der Waals surface area contributed by atoms with Crippen LogP contribution < -0.4 is 0 Å². The zero-order valence-electron chi connectivity index (χ0n) is 9.64. The van der Waals surface area contributed by atoms with E-state index in [0.717, 1.165) is 5.56 Å². The second kappa shape index (κ2) is 7.57. The molecule has 0 saturated heterocycles. The second-order valence-corrected chi connectivity index (χ2v) is 3.21. The van der Waals surface area contributed by atoms with Crippen molar-refractivity contribution in [3.63, 3.8) is 0 Å². The van der Waals surface area contributed by atoms with Crippen molar-refractivity contribution >= 4 is 12.0 Å². The van der Waals surface area contributed by atoms with Crippen molar-refractivity contribution in [1.29, 1.82) is 0 Å². The molecule has 0 aliphatic rings. The van der Waals surface area contributed by atoms with Crippen LogP contribution in [0.15, 0.2) is 36.4 Å². The molecule has 92 valence electrons. The van der Waals surface area contributed by atoms with E-state index in [9.17, 15) is 9.18 Å². The Morgan fingerprint density at radius 3 is 2.76 bits per heavy atom. The van der Waals surface area contributed by atoms with Crippen LogP contribution in [0.1, 0.15) is 12.5 Å². The number of alkyl halides is 1. The van der Waals surface area contributed by atoms with Crippen LogP contribution in [-0.2, 0) is 14.3 Å². The van der Waals surface area contributed by atoms with Gasteiger partial charge < -0.3 is 9.47 Å². The number of rotatable bonds is 6. The fourth-order valence-electron chi connectivity index (χ4n) is 1.16. The molecule has 0 aromatic heterocycles. The van der Waals surface area contributed by atoms with E-state index in [4.69, 9.17) is 0 Å². The summed E-state index contributed by atoms with van der Waals surface area (Å²) in [4.78, 5) is 10.9. The first-order chi connectivity index (χ1) is 8.24. The van der Waals surface area contributed by atoms with Gasteiger partial charge >= 0.3 is 5.97 Å². The van der Waals surface area contributed by atoms with Crippen LogP contribution in [0.25, 0.3) is 6.08 Å². The molecule has 0 N–H and O–H groups in total. The van der Waals surface area contributed by atoms with Gasteiger partial charge in [-0.25, -0.2) is 9.18 Å². The van der Waals surface area contributed by atoms with Gasteiger partial charge in [0.1, 0.15) is 0 Å². The van der Waals surface area contributed by atoms with Crippen LogP contribution in [0.5, 0.6) is 0 Å². The lowest BCUT2D eigenvalue weighted by Crippen LogP contribution is -2.22. The highest BCUT2D eigenvalue weighted by Gasteiger charge is 2.17. The molecule has 4 heteroatoms. The molecule has 1 atom stereocenters. The molecule has 0 spiro atoms. The highest BCUT2D eigenvalue weighted by molar-refractivity contribution is 5.72. The smallest absolute Gasteiger partial charge is 0.368 e. The quantitative estimate of drug-likeness (QED) is 0.714. The zero-order chi connectivity index (χ0) is 12.5. The van der Waals surface area contributed by atoms with Crippen LogP contribution in [0.4, 0.5) is 4.39 Å². The number of benzene rings is 1. The van der Waals surface area contributed by atoms with E-state index in [-0.39, 0.29) is 13.2 Å². The third-order valence-corrected chi connectivity index (χ3v) is 1.92. The number of hydrogen-bond acceptors (Lipinski definition) is 3. The summed E-state index contributed by atoms with van der Waals surface area (Å²) in [5.74, 6) is -0.986. The number of carbonyl (C=O) groups excluding carboxylic acids is 1. The Bertz CT molecular complexity index is 362. The van der Waals surface area contributed by atoms with Crippen molar-refractivity contribution in [2.24, 2.45) is 0 Å². The van der Waals surface area contributed by atoms with Crippen molar-refractivity contribution in [2.75, 3.05) is 13.2 Å². The molecule has 0 heterocycles. The molecular formula is C13H15FO3. The Balaban J connectivity index is 2.28. The zero-order valence-corrected chi connectivity index (χ0v) is 9.64. The highest BCUT2D eigenvalue weighted by Crippen LogP contribution is 2.02. The standard InChI is InChI=1S/C13H15FO3/c1-2-16-13(15)12(14)17-10-6-9-11-7-4-3-5-8-11/h3-9,12H,2,10H2,1H3. The van der Waals surface area contributed by atoms with E-state index in [1.165, 1.54) is 0 Å². The second-order valence-electron chi connectivity index (χ2n) is 3.21. The Hall–Kier alpha value is -1.68. The van der Waals surface area contributed by atoms with E-state index in [1.807, 2.05) is 30.3 Å². The van der Waals surface area contributed by atoms with E-state index in [2.05, 4.69) is 9.47 Å². The molecule has 1 aromatic rings. The van der Waals surface area contributed by atoms with E-state index < -0.39 is 12.3 Å².